The predicted molar refractivity (Wildman–Crippen MR) is 95.9 cm³/mol. The van der Waals surface area contributed by atoms with Gasteiger partial charge >= 0.3 is 0 Å². The summed E-state index contributed by atoms with van der Waals surface area (Å²) in [5.74, 6) is -0.144. The van der Waals surface area contributed by atoms with E-state index in [1.165, 1.54) is 0 Å². The molecule has 0 radical (unpaired) electrons. The van der Waals surface area contributed by atoms with Crippen LogP contribution in [-0.2, 0) is 0 Å². The van der Waals surface area contributed by atoms with Crippen LogP contribution in [0.25, 0.3) is 0 Å². The van der Waals surface area contributed by atoms with Crippen LogP contribution in [0.2, 0.25) is 0 Å². The van der Waals surface area contributed by atoms with Crippen molar-refractivity contribution in [3.63, 3.8) is 0 Å². The minimum Gasteiger partial charge on any atom is -0.367 e. The normalized spacial score (nSPS) is 20.0. The van der Waals surface area contributed by atoms with Gasteiger partial charge in [-0.1, -0.05) is 12.1 Å². The molecule has 0 spiro atoms. The van der Waals surface area contributed by atoms with Gasteiger partial charge in [-0.2, -0.15) is 0 Å². The van der Waals surface area contributed by atoms with Crippen molar-refractivity contribution in [3.8, 4) is 0 Å². The molecule has 1 amide bonds. The standard InChI is InChI=1S/C18H21N3O2.ClH/c1-12-16(3-2-9-20-12)21-18(23)14-6-4-13(5-7-14)17(22)15-8-10-19-11-15;/h4-8,10-12,16,19-20H,2-3,9H2,1H3,(H,21,23);1H. The number of benzene rings is 1. The third-order valence-corrected chi connectivity index (χ3v) is 4.35. The lowest BCUT2D eigenvalue weighted by Crippen LogP contribution is -2.51. The van der Waals surface area contributed by atoms with E-state index in [4.69, 9.17) is 0 Å². The van der Waals surface area contributed by atoms with Crippen molar-refractivity contribution in [3.05, 3.63) is 59.4 Å². The van der Waals surface area contributed by atoms with Gasteiger partial charge in [-0.05, 0) is 44.5 Å². The number of piperidine rings is 1. The van der Waals surface area contributed by atoms with E-state index in [1.807, 2.05) is 0 Å². The maximum absolute atomic E-state index is 12.3. The summed E-state index contributed by atoms with van der Waals surface area (Å²) >= 11 is 0. The zero-order chi connectivity index (χ0) is 16.2. The molecule has 0 aliphatic carbocycles. The SMILES string of the molecule is CC1NCCCC1NC(=O)c1ccc(C(=O)c2cc[nH]c2)cc1.Cl. The van der Waals surface area contributed by atoms with E-state index >= 15 is 0 Å². The van der Waals surface area contributed by atoms with E-state index in [1.54, 1.807) is 42.7 Å². The fourth-order valence-corrected chi connectivity index (χ4v) is 2.90. The van der Waals surface area contributed by atoms with Crippen LogP contribution in [0.5, 0.6) is 0 Å². The second-order valence-corrected chi connectivity index (χ2v) is 5.97. The molecule has 2 aromatic rings. The van der Waals surface area contributed by atoms with Gasteiger partial charge in [-0.25, -0.2) is 0 Å². The summed E-state index contributed by atoms with van der Waals surface area (Å²) in [4.78, 5) is 27.4. The summed E-state index contributed by atoms with van der Waals surface area (Å²) in [7, 11) is 0. The van der Waals surface area contributed by atoms with Gasteiger partial charge in [-0.15, -0.1) is 12.4 Å². The first-order valence-corrected chi connectivity index (χ1v) is 7.97. The van der Waals surface area contributed by atoms with E-state index in [9.17, 15) is 9.59 Å². The highest BCUT2D eigenvalue weighted by molar-refractivity contribution is 6.09. The minimum atomic E-state index is -0.0915. The van der Waals surface area contributed by atoms with E-state index in [2.05, 4.69) is 22.5 Å². The number of hydrogen-bond donors (Lipinski definition) is 3. The number of aromatic nitrogens is 1. The first-order chi connectivity index (χ1) is 11.1. The van der Waals surface area contributed by atoms with Gasteiger partial charge in [0.2, 0.25) is 0 Å². The smallest absolute Gasteiger partial charge is 0.251 e. The first kappa shape index (κ1) is 18.2. The Morgan fingerprint density at radius 2 is 1.79 bits per heavy atom. The number of amides is 1. The van der Waals surface area contributed by atoms with Crippen molar-refractivity contribution < 1.29 is 9.59 Å². The summed E-state index contributed by atoms with van der Waals surface area (Å²) in [5, 5.41) is 6.44. The highest BCUT2D eigenvalue weighted by Crippen LogP contribution is 2.13. The van der Waals surface area contributed by atoms with E-state index in [0.717, 1.165) is 19.4 Å². The van der Waals surface area contributed by atoms with Crippen molar-refractivity contribution in [2.75, 3.05) is 6.54 Å². The summed E-state index contributed by atoms with van der Waals surface area (Å²) in [5.41, 5.74) is 1.77. The third-order valence-electron chi connectivity index (χ3n) is 4.35. The van der Waals surface area contributed by atoms with Gasteiger partial charge in [0.05, 0.1) is 0 Å². The Hall–Kier alpha value is -2.11. The Morgan fingerprint density at radius 1 is 1.08 bits per heavy atom. The van der Waals surface area contributed by atoms with Crippen molar-refractivity contribution >= 4 is 24.1 Å². The molecule has 1 saturated heterocycles. The molecule has 1 aromatic carbocycles. The minimum absolute atomic E-state index is 0. The molecule has 3 rings (SSSR count). The van der Waals surface area contributed by atoms with Gasteiger partial charge in [0, 0.05) is 41.2 Å². The third kappa shape index (κ3) is 4.04. The second-order valence-electron chi connectivity index (χ2n) is 5.97. The van der Waals surface area contributed by atoms with Gasteiger partial charge < -0.3 is 15.6 Å². The lowest BCUT2D eigenvalue weighted by molar-refractivity contribution is 0.0918. The van der Waals surface area contributed by atoms with Crippen LogP contribution in [0.4, 0.5) is 0 Å². The number of halogens is 1. The van der Waals surface area contributed by atoms with Crippen LogP contribution >= 0.6 is 12.4 Å². The molecular weight excluding hydrogens is 326 g/mol. The van der Waals surface area contributed by atoms with Gasteiger partial charge in [0.15, 0.2) is 5.78 Å². The first-order valence-electron chi connectivity index (χ1n) is 7.97. The van der Waals surface area contributed by atoms with Crippen LogP contribution in [0.15, 0.2) is 42.7 Å². The van der Waals surface area contributed by atoms with Crippen LogP contribution in [0.3, 0.4) is 0 Å². The average Bonchev–Trinajstić information content (AvgIpc) is 3.11. The molecule has 1 aliphatic rings. The van der Waals surface area contributed by atoms with Gasteiger partial charge in [-0.3, -0.25) is 9.59 Å². The quantitative estimate of drug-likeness (QED) is 0.744. The molecule has 3 N–H and O–H groups in total. The number of carbonyl (C=O) groups is 2. The summed E-state index contributed by atoms with van der Waals surface area (Å²) in [6.07, 6.45) is 5.44. The number of carbonyl (C=O) groups excluding carboxylic acids is 2. The fourth-order valence-electron chi connectivity index (χ4n) is 2.90. The van der Waals surface area contributed by atoms with E-state index in [-0.39, 0.29) is 36.2 Å². The Morgan fingerprint density at radius 3 is 2.42 bits per heavy atom. The summed E-state index contributed by atoms with van der Waals surface area (Å²) in [6.45, 7) is 3.09. The van der Waals surface area contributed by atoms with Crippen molar-refractivity contribution in [2.45, 2.75) is 31.8 Å². The number of aromatic amines is 1. The van der Waals surface area contributed by atoms with Crippen LogP contribution in [0, 0.1) is 0 Å². The van der Waals surface area contributed by atoms with E-state index in [0.29, 0.717) is 16.7 Å². The van der Waals surface area contributed by atoms with Crippen LogP contribution in [0.1, 0.15) is 46.0 Å². The lowest BCUT2D eigenvalue weighted by atomic mass is 9.99. The zero-order valence-corrected chi connectivity index (χ0v) is 14.4. The van der Waals surface area contributed by atoms with Crippen molar-refractivity contribution in [1.29, 1.82) is 0 Å². The molecular formula is C18H22ClN3O2. The molecule has 5 nitrogen and oxygen atoms in total. The molecule has 24 heavy (non-hydrogen) atoms. The molecule has 2 heterocycles. The Labute approximate surface area is 147 Å². The molecule has 0 bridgehead atoms. The fraction of sp³-hybridized carbons (Fsp3) is 0.333. The number of hydrogen-bond acceptors (Lipinski definition) is 3. The number of rotatable bonds is 4. The topological polar surface area (TPSA) is 74.0 Å². The maximum atomic E-state index is 12.3. The maximum Gasteiger partial charge on any atom is 0.251 e. The number of ketones is 1. The average molecular weight is 348 g/mol. The second kappa shape index (κ2) is 8.13. The molecule has 1 fully saturated rings. The summed E-state index contributed by atoms with van der Waals surface area (Å²) in [6, 6.07) is 8.98. The molecule has 6 heteroatoms. The molecule has 2 atom stereocenters. The zero-order valence-electron chi connectivity index (χ0n) is 13.5. The van der Waals surface area contributed by atoms with Crippen molar-refractivity contribution in [1.82, 2.24) is 15.6 Å². The largest absolute Gasteiger partial charge is 0.367 e. The monoisotopic (exact) mass is 347 g/mol. The summed E-state index contributed by atoms with van der Waals surface area (Å²) < 4.78 is 0. The van der Waals surface area contributed by atoms with E-state index < -0.39 is 0 Å². The Kier molecular flexibility index (Phi) is 6.17. The predicted octanol–water partition coefficient (Wildman–Crippen LogP) is 2.54. The van der Waals surface area contributed by atoms with Crippen LogP contribution in [-0.4, -0.2) is 35.3 Å². The van der Waals surface area contributed by atoms with Crippen LogP contribution < -0.4 is 10.6 Å². The molecule has 2 unspecified atom stereocenters. The molecule has 128 valence electrons. The Bertz CT molecular complexity index is 683. The highest BCUT2D eigenvalue weighted by Gasteiger charge is 2.22. The highest BCUT2D eigenvalue weighted by atomic mass is 35.5. The van der Waals surface area contributed by atoms with Gasteiger partial charge in [0.1, 0.15) is 0 Å². The number of nitrogens with one attached hydrogen (secondary N) is 3. The Balaban J connectivity index is 0.00000208. The van der Waals surface area contributed by atoms with Crippen molar-refractivity contribution in [2.24, 2.45) is 0 Å². The number of H-pyrrole nitrogens is 1. The van der Waals surface area contributed by atoms with Gasteiger partial charge in [0.25, 0.3) is 5.91 Å². The molecule has 1 aromatic heterocycles. The lowest BCUT2D eigenvalue weighted by Gasteiger charge is -2.30. The molecule has 1 aliphatic heterocycles. The molecule has 0 saturated carbocycles.